The summed E-state index contributed by atoms with van der Waals surface area (Å²) < 4.78 is 26.6. The summed E-state index contributed by atoms with van der Waals surface area (Å²) in [4.78, 5) is 23.9. The van der Waals surface area contributed by atoms with Crippen LogP contribution in [0.15, 0.2) is 41.4 Å². The van der Waals surface area contributed by atoms with Gasteiger partial charge in [0.05, 0.1) is 5.69 Å². The fourth-order valence-corrected chi connectivity index (χ4v) is 2.53. The number of carbonyl (C=O) groups excluding carboxylic acids is 2. The lowest BCUT2D eigenvalue weighted by Crippen LogP contribution is -2.15. The summed E-state index contributed by atoms with van der Waals surface area (Å²) >= 11 is 0.368. The second kappa shape index (κ2) is 6.74. The summed E-state index contributed by atoms with van der Waals surface area (Å²) in [6.07, 6.45) is 1.55. The number of benzene rings is 1. The van der Waals surface area contributed by atoms with Crippen LogP contribution in [0.4, 0.5) is 14.5 Å². The molecule has 0 aliphatic heterocycles. The van der Waals surface area contributed by atoms with E-state index < -0.39 is 11.7 Å². The Morgan fingerprint density at radius 2 is 1.95 bits per heavy atom. The molecule has 116 valence electrons. The first-order valence-corrected chi connectivity index (χ1v) is 7.29. The molecular formula is C15H14F2N2O2S. The summed E-state index contributed by atoms with van der Waals surface area (Å²) in [5.74, 6) is -3.18. The molecule has 0 atom stereocenters. The van der Waals surface area contributed by atoms with E-state index in [1.807, 2.05) is 0 Å². The molecule has 0 bridgehead atoms. The Kier molecular flexibility index (Phi) is 4.97. The Bertz CT molecular complexity index is 713. The highest BCUT2D eigenvalue weighted by atomic mass is 32.2. The number of ketones is 1. The van der Waals surface area contributed by atoms with Gasteiger partial charge in [-0.2, -0.15) is 8.78 Å². The van der Waals surface area contributed by atoms with Crippen molar-refractivity contribution in [2.45, 2.75) is 17.6 Å². The van der Waals surface area contributed by atoms with E-state index in [0.29, 0.717) is 23.0 Å². The first-order chi connectivity index (χ1) is 10.4. The number of hydrogen-bond acceptors (Lipinski definition) is 3. The van der Waals surface area contributed by atoms with Crippen LogP contribution in [0.3, 0.4) is 0 Å². The molecule has 2 aromatic rings. The largest absolute Gasteiger partial charge is 0.346 e. The van der Waals surface area contributed by atoms with Crippen LogP contribution < -0.4 is 5.32 Å². The minimum atomic E-state index is -2.57. The van der Waals surface area contributed by atoms with Crippen LogP contribution in [0.25, 0.3) is 0 Å². The van der Waals surface area contributed by atoms with Crippen molar-refractivity contribution >= 4 is 29.1 Å². The molecule has 0 saturated carbocycles. The van der Waals surface area contributed by atoms with Crippen molar-refractivity contribution in [1.82, 2.24) is 4.57 Å². The SMILES string of the molecule is CC(=O)c1cc(C(=O)Nc2ccccc2SC(F)F)n(C)c1. The minimum Gasteiger partial charge on any atom is -0.346 e. The molecule has 22 heavy (non-hydrogen) atoms. The predicted molar refractivity (Wildman–Crippen MR) is 81.7 cm³/mol. The van der Waals surface area contributed by atoms with E-state index in [9.17, 15) is 18.4 Å². The van der Waals surface area contributed by atoms with Gasteiger partial charge in [0.15, 0.2) is 5.78 Å². The zero-order valence-corrected chi connectivity index (χ0v) is 12.8. The summed E-state index contributed by atoms with van der Waals surface area (Å²) in [6, 6.07) is 7.81. The quantitative estimate of drug-likeness (QED) is 0.672. The Morgan fingerprint density at radius 3 is 2.55 bits per heavy atom. The molecule has 4 nitrogen and oxygen atoms in total. The Labute approximate surface area is 130 Å². The molecule has 1 aromatic carbocycles. The monoisotopic (exact) mass is 324 g/mol. The number of Topliss-reactive ketones (excluding diaryl/α,β-unsaturated/α-hetero) is 1. The van der Waals surface area contributed by atoms with Gasteiger partial charge >= 0.3 is 0 Å². The molecule has 1 N–H and O–H groups in total. The average Bonchev–Trinajstić information content (AvgIpc) is 2.83. The van der Waals surface area contributed by atoms with Crippen LogP contribution in [0.5, 0.6) is 0 Å². The molecule has 7 heteroatoms. The van der Waals surface area contributed by atoms with Gasteiger partial charge in [-0.15, -0.1) is 0 Å². The van der Waals surface area contributed by atoms with Crippen LogP contribution in [0.1, 0.15) is 27.8 Å². The summed E-state index contributed by atoms with van der Waals surface area (Å²) in [6.45, 7) is 1.41. The number of halogens is 2. The number of aryl methyl sites for hydroxylation is 1. The van der Waals surface area contributed by atoms with Crippen molar-refractivity contribution in [2.24, 2.45) is 7.05 Å². The van der Waals surface area contributed by atoms with Crippen molar-refractivity contribution in [2.75, 3.05) is 5.32 Å². The fraction of sp³-hybridized carbons (Fsp3) is 0.200. The first kappa shape index (κ1) is 16.2. The first-order valence-electron chi connectivity index (χ1n) is 6.41. The maximum absolute atomic E-state index is 12.5. The predicted octanol–water partition coefficient (Wildman–Crippen LogP) is 3.79. The number of carbonyl (C=O) groups is 2. The van der Waals surface area contributed by atoms with E-state index >= 15 is 0 Å². The molecule has 0 aliphatic rings. The maximum Gasteiger partial charge on any atom is 0.288 e. The molecule has 1 heterocycles. The molecule has 0 fully saturated rings. The van der Waals surface area contributed by atoms with Crippen LogP contribution in [-0.4, -0.2) is 22.0 Å². The second-order valence-electron chi connectivity index (χ2n) is 4.61. The Hall–Kier alpha value is -2.15. The third kappa shape index (κ3) is 3.73. The molecule has 1 amide bonds. The van der Waals surface area contributed by atoms with Gasteiger partial charge in [0.1, 0.15) is 5.69 Å². The number of nitrogens with zero attached hydrogens (tertiary/aromatic N) is 1. The number of amides is 1. The van der Waals surface area contributed by atoms with E-state index in [4.69, 9.17) is 0 Å². The summed E-state index contributed by atoms with van der Waals surface area (Å²) in [7, 11) is 1.64. The highest BCUT2D eigenvalue weighted by molar-refractivity contribution is 7.99. The molecule has 0 aliphatic carbocycles. The molecule has 1 aromatic heterocycles. The lowest BCUT2D eigenvalue weighted by Gasteiger charge is -2.10. The summed E-state index contributed by atoms with van der Waals surface area (Å²) in [5.41, 5.74) is 1.01. The van der Waals surface area contributed by atoms with E-state index in [2.05, 4.69) is 5.32 Å². The number of aromatic nitrogens is 1. The third-order valence-electron chi connectivity index (χ3n) is 3.00. The van der Waals surface area contributed by atoms with Gasteiger partial charge in [-0.05, 0) is 25.1 Å². The van der Waals surface area contributed by atoms with Crippen LogP contribution in [-0.2, 0) is 7.05 Å². The number of thioether (sulfide) groups is 1. The molecule has 0 radical (unpaired) electrons. The number of nitrogens with one attached hydrogen (secondary N) is 1. The lowest BCUT2D eigenvalue weighted by molar-refractivity contribution is 0.101. The lowest BCUT2D eigenvalue weighted by atomic mass is 10.2. The molecule has 2 rings (SSSR count). The Morgan fingerprint density at radius 1 is 1.27 bits per heavy atom. The normalized spacial score (nSPS) is 10.8. The number of rotatable bonds is 5. The number of alkyl halides is 2. The maximum atomic E-state index is 12.5. The number of hydrogen-bond donors (Lipinski definition) is 1. The van der Waals surface area contributed by atoms with Crippen molar-refractivity contribution in [3.63, 3.8) is 0 Å². The van der Waals surface area contributed by atoms with Crippen LogP contribution >= 0.6 is 11.8 Å². The van der Waals surface area contributed by atoms with Gasteiger partial charge in [-0.1, -0.05) is 23.9 Å². The van der Waals surface area contributed by atoms with E-state index in [1.165, 1.54) is 23.6 Å². The molecule has 0 saturated heterocycles. The van der Waals surface area contributed by atoms with Gasteiger partial charge in [-0.3, -0.25) is 9.59 Å². The highest BCUT2D eigenvalue weighted by Gasteiger charge is 2.16. The van der Waals surface area contributed by atoms with Crippen molar-refractivity contribution in [3.05, 3.63) is 47.8 Å². The zero-order chi connectivity index (χ0) is 16.3. The van der Waals surface area contributed by atoms with E-state index in [0.717, 1.165) is 0 Å². The second-order valence-corrected chi connectivity index (χ2v) is 5.64. The smallest absolute Gasteiger partial charge is 0.288 e. The minimum absolute atomic E-state index is 0.150. The van der Waals surface area contributed by atoms with Gasteiger partial charge in [0.25, 0.3) is 11.7 Å². The van der Waals surface area contributed by atoms with Crippen molar-refractivity contribution in [3.8, 4) is 0 Å². The topological polar surface area (TPSA) is 51.1 Å². The average molecular weight is 324 g/mol. The van der Waals surface area contributed by atoms with Crippen LogP contribution in [0, 0.1) is 0 Å². The summed E-state index contributed by atoms with van der Waals surface area (Å²) in [5, 5.41) is 2.60. The zero-order valence-electron chi connectivity index (χ0n) is 12.0. The van der Waals surface area contributed by atoms with Crippen molar-refractivity contribution < 1.29 is 18.4 Å². The highest BCUT2D eigenvalue weighted by Crippen LogP contribution is 2.31. The van der Waals surface area contributed by atoms with Gasteiger partial charge in [-0.25, -0.2) is 0 Å². The van der Waals surface area contributed by atoms with Crippen molar-refractivity contribution in [1.29, 1.82) is 0 Å². The molecule has 0 spiro atoms. The molecule has 0 unspecified atom stereocenters. The van der Waals surface area contributed by atoms with E-state index in [-0.39, 0.29) is 16.4 Å². The van der Waals surface area contributed by atoms with Gasteiger partial charge in [0.2, 0.25) is 0 Å². The number of anilines is 1. The molecular weight excluding hydrogens is 310 g/mol. The van der Waals surface area contributed by atoms with E-state index in [1.54, 1.807) is 31.4 Å². The van der Waals surface area contributed by atoms with Gasteiger partial charge < -0.3 is 9.88 Å². The fourth-order valence-electron chi connectivity index (χ4n) is 1.94. The third-order valence-corrected chi connectivity index (χ3v) is 3.78. The number of para-hydroxylation sites is 1. The van der Waals surface area contributed by atoms with Crippen LogP contribution in [0.2, 0.25) is 0 Å². The Balaban J connectivity index is 2.24. The van der Waals surface area contributed by atoms with Gasteiger partial charge in [0, 0.05) is 23.7 Å². The standard InChI is InChI=1S/C15H14F2N2O2S/c1-9(20)10-7-12(19(2)8-10)14(21)18-11-5-3-4-6-13(11)22-15(16)17/h3-8,15H,1-2H3,(H,18,21).